The first-order valence-electron chi connectivity index (χ1n) is 8.10. The van der Waals surface area contributed by atoms with Gasteiger partial charge in [-0.2, -0.15) is 0 Å². The van der Waals surface area contributed by atoms with Gasteiger partial charge in [0.05, 0.1) is 0 Å². The summed E-state index contributed by atoms with van der Waals surface area (Å²) >= 11 is 0. The molecule has 1 aromatic carbocycles. The molecule has 3 heterocycles. The molecule has 4 rings (SSSR count). The second kappa shape index (κ2) is 6.91. The molecule has 1 aliphatic rings. The largest absolute Gasteiger partial charge is 0.344 e. The van der Waals surface area contributed by atoms with Gasteiger partial charge in [-0.15, -0.1) is 12.4 Å². The third-order valence-electron chi connectivity index (χ3n) is 4.72. The number of pyridine rings is 1. The fraction of sp³-hybridized carbons (Fsp3) is 0.316. The molecule has 0 unspecified atom stereocenters. The average molecular weight is 346 g/mol. The first kappa shape index (κ1) is 16.9. The van der Waals surface area contributed by atoms with Crippen LogP contribution in [0.25, 0.3) is 10.9 Å². The quantitative estimate of drug-likeness (QED) is 0.719. The molecular formula is C19H21ClFN3. The van der Waals surface area contributed by atoms with E-state index in [1.54, 1.807) is 12.1 Å². The smallest absolute Gasteiger partial charge is 0.123 e. The van der Waals surface area contributed by atoms with E-state index in [9.17, 15) is 4.39 Å². The summed E-state index contributed by atoms with van der Waals surface area (Å²) in [5, 5.41) is 1.06. The zero-order chi connectivity index (χ0) is 15.8. The van der Waals surface area contributed by atoms with Crippen LogP contribution in [0.4, 0.5) is 4.39 Å². The zero-order valence-electron chi connectivity index (χ0n) is 13.7. The molecule has 0 saturated carbocycles. The Labute approximate surface area is 147 Å². The molecule has 2 aromatic heterocycles. The lowest BCUT2D eigenvalue weighted by Crippen LogP contribution is -2.27. The summed E-state index contributed by atoms with van der Waals surface area (Å²) in [5.41, 5.74) is 4.88. The number of rotatable bonds is 3. The molecule has 0 spiro atoms. The molecule has 0 saturated heterocycles. The molecule has 24 heavy (non-hydrogen) atoms. The van der Waals surface area contributed by atoms with E-state index in [0.717, 1.165) is 49.1 Å². The number of hydrogen-bond donors (Lipinski definition) is 0. The first-order chi connectivity index (χ1) is 11.2. The zero-order valence-corrected chi connectivity index (χ0v) is 14.5. The topological polar surface area (TPSA) is 21.1 Å². The fourth-order valence-corrected chi connectivity index (χ4v) is 3.58. The van der Waals surface area contributed by atoms with E-state index >= 15 is 0 Å². The van der Waals surface area contributed by atoms with Crippen LogP contribution in [0, 0.1) is 5.82 Å². The van der Waals surface area contributed by atoms with Crippen molar-refractivity contribution in [1.82, 2.24) is 14.5 Å². The van der Waals surface area contributed by atoms with Crippen molar-refractivity contribution in [3.8, 4) is 0 Å². The Morgan fingerprint density at radius 2 is 2.08 bits per heavy atom. The summed E-state index contributed by atoms with van der Waals surface area (Å²) in [4.78, 5) is 6.72. The highest BCUT2D eigenvalue weighted by Gasteiger charge is 2.22. The van der Waals surface area contributed by atoms with Gasteiger partial charge in [-0.05, 0) is 42.9 Å². The lowest BCUT2D eigenvalue weighted by Gasteiger charge is -2.24. The highest BCUT2D eigenvalue weighted by atomic mass is 35.5. The van der Waals surface area contributed by atoms with Crippen molar-refractivity contribution in [1.29, 1.82) is 0 Å². The maximum absolute atomic E-state index is 13.7. The van der Waals surface area contributed by atoms with Gasteiger partial charge in [0.25, 0.3) is 0 Å². The minimum Gasteiger partial charge on any atom is -0.344 e. The molecule has 3 nitrogen and oxygen atoms in total. The fourth-order valence-electron chi connectivity index (χ4n) is 3.58. The van der Waals surface area contributed by atoms with E-state index in [1.807, 2.05) is 24.4 Å². The lowest BCUT2D eigenvalue weighted by atomic mass is 10.0. The number of fused-ring (bicyclic) bond motifs is 3. The van der Waals surface area contributed by atoms with Gasteiger partial charge in [0.2, 0.25) is 0 Å². The van der Waals surface area contributed by atoms with Crippen molar-refractivity contribution in [2.75, 3.05) is 13.6 Å². The van der Waals surface area contributed by atoms with Crippen molar-refractivity contribution in [3.05, 3.63) is 65.4 Å². The Hall–Kier alpha value is -1.91. The maximum Gasteiger partial charge on any atom is 0.123 e. The van der Waals surface area contributed by atoms with Crippen molar-refractivity contribution >= 4 is 23.3 Å². The average Bonchev–Trinajstić information content (AvgIpc) is 2.86. The van der Waals surface area contributed by atoms with Crippen LogP contribution < -0.4 is 0 Å². The Kier molecular flexibility index (Phi) is 4.88. The number of benzene rings is 1. The summed E-state index contributed by atoms with van der Waals surface area (Å²) in [6, 6.07) is 11.2. The molecule has 3 aromatic rings. The SMILES string of the molecule is CN1CCc2c(c3cc(F)ccc3n2CCc2ccccn2)C1.Cl. The van der Waals surface area contributed by atoms with E-state index in [2.05, 4.69) is 27.6 Å². The summed E-state index contributed by atoms with van der Waals surface area (Å²) in [6.45, 7) is 2.83. The van der Waals surface area contributed by atoms with Crippen LogP contribution in [-0.2, 0) is 25.9 Å². The van der Waals surface area contributed by atoms with Crippen molar-refractivity contribution in [2.45, 2.75) is 25.9 Å². The van der Waals surface area contributed by atoms with Crippen LogP contribution in [0.3, 0.4) is 0 Å². The molecule has 0 amide bonds. The van der Waals surface area contributed by atoms with E-state index < -0.39 is 0 Å². The van der Waals surface area contributed by atoms with Crippen LogP contribution in [0.1, 0.15) is 17.0 Å². The number of aromatic nitrogens is 2. The number of nitrogens with zero attached hydrogens (tertiary/aromatic N) is 3. The molecule has 1 aliphatic heterocycles. The van der Waals surface area contributed by atoms with Crippen LogP contribution in [0.5, 0.6) is 0 Å². The maximum atomic E-state index is 13.7. The van der Waals surface area contributed by atoms with Crippen LogP contribution >= 0.6 is 12.4 Å². The lowest BCUT2D eigenvalue weighted by molar-refractivity contribution is 0.309. The second-order valence-corrected chi connectivity index (χ2v) is 6.30. The Morgan fingerprint density at radius 3 is 2.88 bits per heavy atom. The molecule has 0 atom stereocenters. The Morgan fingerprint density at radius 1 is 1.21 bits per heavy atom. The number of aryl methyl sites for hydroxylation is 2. The van der Waals surface area contributed by atoms with Gasteiger partial charge in [0.1, 0.15) is 5.82 Å². The Bertz CT molecular complexity index is 845. The van der Waals surface area contributed by atoms with Crippen LogP contribution in [0.15, 0.2) is 42.6 Å². The predicted molar refractivity (Wildman–Crippen MR) is 97.1 cm³/mol. The standard InChI is InChI=1S/C19H20FN3.ClH/c1-22-10-8-19-17(13-22)16-12-14(20)5-6-18(16)23(19)11-7-15-4-2-3-9-21-15;/h2-6,9,12H,7-8,10-11,13H2,1H3;1H. The Balaban J connectivity index is 0.00000169. The minimum atomic E-state index is -0.157. The third kappa shape index (κ3) is 3.04. The molecule has 0 bridgehead atoms. The highest BCUT2D eigenvalue weighted by Crippen LogP contribution is 2.31. The van der Waals surface area contributed by atoms with Crippen LogP contribution in [0.2, 0.25) is 0 Å². The van der Waals surface area contributed by atoms with Gasteiger partial charge in [0.15, 0.2) is 0 Å². The van der Waals surface area contributed by atoms with Gasteiger partial charge < -0.3 is 9.47 Å². The first-order valence-corrected chi connectivity index (χ1v) is 8.10. The minimum absolute atomic E-state index is 0. The van der Waals surface area contributed by atoms with Gasteiger partial charge in [-0.1, -0.05) is 6.07 Å². The summed E-state index contributed by atoms with van der Waals surface area (Å²) in [6.07, 6.45) is 3.75. The van der Waals surface area contributed by atoms with Crippen molar-refractivity contribution < 1.29 is 4.39 Å². The number of halogens is 2. The highest BCUT2D eigenvalue weighted by molar-refractivity contribution is 5.86. The van der Waals surface area contributed by atoms with Gasteiger partial charge in [-0.25, -0.2) is 4.39 Å². The second-order valence-electron chi connectivity index (χ2n) is 6.30. The van der Waals surface area contributed by atoms with Gasteiger partial charge >= 0.3 is 0 Å². The van der Waals surface area contributed by atoms with Crippen molar-refractivity contribution in [3.63, 3.8) is 0 Å². The van der Waals surface area contributed by atoms with E-state index in [0.29, 0.717) is 0 Å². The van der Waals surface area contributed by atoms with Gasteiger partial charge in [0, 0.05) is 61.0 Å². The van der Waals surface area contributed by atoms with Crippen LogP contribution in [-0.4, -0.2) is 28.0 Å². The molecule has 0 aliphatic carbocycles. The summed E-state index contributed by atoms with van der Waals surface area (Å²) in [7, 11) is 2.12. The molecule has 5 heteroatoms. The summed E-state index contributed by atoms with van der Waals surface area (Å²) < 4.78 is 16.1. The molecule has 0 radical (unpaired) electrons. The van der Waals surface area contributed by atoms with Gasteiger partial charge in [-0.3, -0.25) is 4.98 Å². The van der Waals surface area contributed by atoms with Crippen molar-refractivity contribution in [2.24, 2.45) is 0 Å². The normalized spacial score (nSPS) is 14.4. The predicted octanol–water partition coefficient (Wildman–Crippen LogP) is 3.83. The number of likely N-dealkylation sites (N-methyl/N-ethyl adjacent to an activating group) is 1. The third-order valence-corrected chi connectivity index (χ3v) is 4.72. The number of hydrogen-bond acceptors (Lipinski definition) is 2. The van der Waals surface area contributed by atoms with E-state index in [4.69, 9.17) is 0 Å². The summed E-state index contributed by atoms with van der Waals surface area (Å²) in [5.74, 6) is -0.157. The van der Waals surface area contributed by atoms with E-state index in [1.165, 1.54) is 11.3 Å². The molecule has 0 N–H and O–H groups in total. The molecular weight excluding hydrogens is 325 g/mol. The molecule has 126 valence electrons. The monoisotopic (exact) mass is 345 g/mol. The van der Waals surface area contributed by atoms with E-state index in [-0.39, 0.29) is 18.2 Å². The molecule has 0 fully saturated rings.